The van der Waals surface area contributed by atoms with Crippen LogP contribution in [0.25, 0.3) is 0 Å². The van der Waals surface area contributed by atoms with Gasteiger partial charge in [0.05, 0.1) is 26.4 Å². The highest BCUT2D eigenvalue weighted by Gasteiger charge is 2.24. The molecule has 4 amide bonds. The minimum absolute atomic E-state index is 0.0651. The van der Waals surface area contributed by atoms with Gasteiger partial charge in [-0.25, -0.2) is 9.59 Å². The lowest BCUT2D eigenvalue weighted by atomic mass is 10.1. The first-order valence-electron chi connectivity index (χ1n) is 17.9. The van der Waals surface area contributed by atoms with E-state index in [-0.39, 0.29) is 37.9 Å². The molecule has 276 valence electrons. The maximum absolute atomic E-state index is 12.8. The number of unbranched alkanes of at least 4 members (excludes halogenated alkanes) is 10. The van der Waals surface area contributed by atoms with Gasteiger partial charge in [0.2, 0.25) is 11.8 Å². The highest BCUT2D eigenvalue weighted by Crippen LogP contribution is 2.12. The number of hydrogen-bond acceptors (Lipinski definition) is 8. The van der Waals surface area contributed by atoms with Crippen molar-refractivity contribution in [3.05, 3.63) is 0 Å². The van der Waals surface area contributed by atoms with Crippen LogP contribution < -0.4 is 21.3 Å². The van der Waals surface area contributed by atoms with Gasteiger partial charge in [0.15, 0.2) is 0 Å². The standard InChI is InChI=1S/C35H68N4O8/c1-8-9-10-11-12-13-14-15-16-17-18-21-30(40)36-23-25-44-27-28-45-26-24-37-31(41)29(39-33(43)47-35(5,6)7)20-19-22-38-32(42)46-34(2,3)4/h29H,8-28H2,1-7H3,(H,36,40)(H,37,41)(H,38,42)(H,39,43). The molecule has 0 fully saturated rings. The highest BCUT2D eigenvalue weighted by atomic mass is 16.6. The second kappa shape index (κ2) is 27.4. The molecular weight excluding hydrogens is 604 g/mol. The molecule has 0 radical (unpaired) electrons. The van der Waals surface area contributed by atoms with Crippen LogP contribution in [0.15, 0.2) is 0 Å². The maximum atomic E-state index is 12.8. The predicted molar refractivity (Wildman–Crippen MR) is 185 cm³/mol. The Kier molecular flexibility index (Phi) is 25.8. The van der Waals surface area contributed by atoms with Crippen LogP contribution in [0, 0.1) is 0 Å². The van der Waals surface area contributed by atoms with E-state index in [1.54, 1.807) is 41.5 Å². The van der Waals surface area contributed by atoms with Gasteiger partial charge in [-0.05, 0) is 60.8 Å². The third-order valence-electron chi connectivity index (χ3n) is 6.84. The number of rotatable bonds is 27. The van der Waals surface area contributed by atoms with Crippen molar-refractivity contribution in [1.82, 2.24) is 21.3 Å². The minimum Gasteiger partial charge on any atom is -0.444 e. The molecule has 0 aliphatic carbocycles. The van der Waals surface area contributed by atoms with E-state index >= 15 is 0 Å². The molecule has 0 aromatic carbocycles. The van der Waals surface area contributed by atoms with Crippen molar-refractivity contribution < 1.29 is 38.1 Å². The molecule has 0 spiro atoms. The van der Waals surface area contributed by atoms with Crippen LogP contribution in [0.3, 0.4) is 0 Å². The van der Waals surface area contributed by atoms with Crippen LogP contribution in [0.2, 0.25) is 0 Å². The molecule has 0 aromatic heterocycles. The molecule has 0 bridgehead atoms. The predicted octanol–water partition coefficient (Wildman–Crippen LogP) is 6.15. The first kappa shape index (κ1) is 44.4. The topological polar surface area (TPSA) is 153 Å². The molecule has 0 heterocycles. The van der Waals surface area contributed by atoms with Gasteiger partial charge < -0.3 is 40.2 Å². The monoisotopic (exact) mass is 673 g/mol. The van der Waals surface area contributed by atoms with Crippen LogP contribution in [0.4, 0.5) is 9.59 Å². The van der Waals surface area contributed by atoms with Crippen molar-refractivity contribution in [3.63, 3.8) is 0 Å². The van der Waals surface area contributed by atoms with E-state index in [0.717, 1.165) is 12.8 Å². The lowest BCUT2D eigenvalue weighted by molar-refractivity contribution is -0.124. The number of ether oxygens (including phenoxy) is 4. The SMILES string of the molecule is CCCCCCCCCCCCCC(=O)NCCOCCOCCNC(=O)C(CCCNC(=O)OC(C)(C)C)NC(=O)OC(C)(C)C. The Morgan fingerprint density at radius 3 is 1.57 bits per heavy atom. The summed E-state index contributed by atoms with van der Waals surface area (Å²) < 4.78 is 21.5. The third kappa shape index (κ3) is 31.8. The van der Waals surface area contributed by atoms with Crippen molar-refractivity contribution in [1.29, 1.82) is 0 Å². The van der Waals surface area contributed by atoms with Crippen LogP contribution in [0.1, 0.15) is 138 Å². The Morgan fingerprint density at radius 2 is 1.04 bits per heavy atom. The Morgan fingerprint density at radius 1 is 0.553 bits per heavy atom. The molecule has 0 aromatic rings. The number of nitrogens with one attached hydrogen (secondary N) is 4. The van der Waals surface area contributed by atoms with Crippen molar-refractivity contribution in [2.24, 2.45) is 0 Å². The Balaban J connectivity index is 4.00. The van der Waals surface area contributed by atoms with Crippen molar-refractivity contribution >= 4 is 24.0 Å². The summed E-state index contributed by atoms with van der Waals surface area (Å²) >= 11 is 0. The molecule has 1 atom stereocenters. The zero-order valence-corrected chi connectivity index (χ0v) is 30.7. The summed E-state index contributed by atoms with van der Waals surface area (Å²) in [5, 5.41) is 10.9. The normalized spacial score (nSPS) is 12.2. The second-order valence-electron chi connectivity index (χ2n) is 13.9. The first-order chi connectivity index (χ1) is 22.2. The van der Waals surface area contributed by atoms with Gasteiger partial charge >= 0.3 is 12.2 Å². The minimum atomic E-state index is -0.848. The second-order valence-corrected chi connectivity index (χ2v) is 13.9. The average molecular weight is 673 g/mol. The fraction of sp³-hybridized carbons (Fsp3) is 0.886. The van der Waals surface area contributed by atoms with Crippen LogP contribution >= 0.6 is 0 Å². The van der Waals surface area contributed by atoms with E-state index in [0.29, 0.717) is 39.2 Å². The van der Waals surface area contributed by atoms with E-state index in [9.17, 15) is 19.2 Å². The molecule has 0 saturated carbocycles. The smallest absolute Gasteiger partial charge is 0.408 e. The van der Waals surface area contributed by atoms with Gasteiger partial charge in [0.1, 0.15) is 17.2 Å². The van der Waals surface area contributed by atoms with Crippen LogP contribution in [0.5, 0.6) is 0 Å². The Bertz CT molecular complexity index is 842. The Hall–Kier alpha value is -2.60. The van der Waals surface area contributed by atoms with Gasteiger partial charge in [-0.2, -0.15) is 0 Å². The first-order valence-corrected chi connectivity index (χ1v) is 17.9. The number of carbonyl (C=O) groups is 4. The molecule has 1 unspecified atom stereocenters. The molecule has 4 N–H and O–H groups in total. The van der Waals surface area contributed by atoms with E-state index in [2.05, 4.69) is 28.2 Å². The summed E-state index contributed by atoms with van der Waals surface area (Å²) in [5.74, 6) is -0.313. The number of alkyl carbamates (subject to hydrolysis) is 2. The van der Waals surface area contributed by atoms with E-state index < -0.39 is 29.4 Å². The lowest BCUT2D eigenvalue weighted by Crippen LogP contribution is -2.49. The van der Waals surface area contributed by atoms with Crippen molar-refractivity contribution in [2.45, 2.75) is 156 Å². The van der Waals surface area contributed by atoms with Gasteiger partial charge in [-0.1, -0.05) is 71.1 Å². The molecule has 0 aliphatic rings. The average Bonchev–Trinajstić information content (AvgIpc) is 2.96. The van der Waals surface area contributed by atoms with Crippen LogP contribution in [-0.4, -0.2) is 87.3 Å². The van der Waals surface area contributed by atoms with E-state index in [4.69, 9.17) is 18.9 Å². The number of amides is 4. The fourth-order valence-corrected chi connectivity index (χ4v) is 4.52. The molecule has 0 rings (SSSR count). The Labute approximate surface area is 284 Å². The molecule has 47 heavy (non-hydrogen) atoms. The molecular formula is C35H68N4O8. The summed E-state index contributed by atoms with van der Waals surface area (Å²) in [7, 11) is 0. The number of carbonyl (C=O) groups excluding carboxylic acids is 4. The summed E-state index contributed by atoms with van der Waals surface area (Å²) in [5.41, 5.74) is -1.32. The van der Waals surface area contributed by atoms with Gasteiger partial charge in [0, 0.05) is 26.1 Å². The van der Waals surface area contributed by atoms with E-state index in [1.807, 2.05) is 0 Å². The summed E-state index contributed by atoms with van der Waals surface area (Å²) in [6.07, 6.45) is 13.9. The molecule has 0 saturated heterocycles. The third-order valence-corrected chi connectivity index (χ3v) is 6.84. The lowest BCUT2D eigenvalue weighted by Gasteiger charge is -2.23. The summed E-state index contributed by atoms with van der Waals surface area (Å²) in [6.45, 7) is 15.2. The zero-order chi connectivity index (χ0) is 35.4. The zero-order valence-electron chi connectivity index (χ0n) is 30.7. The fourth-order valence-electron chi connectivity index (χ4n) is 4.52. The van der Waals surface area contributed by atoms with Crippen LogP contribution in [-0.2, 0) is 28.5 Å². The largest absolute Gasteiger partial charge is 0.444 e. The maximum Gasteiger partial charge on any atom is 0.408 e. The molecule has 12 nitrogen and oxygen atoms in total. The highest BCUT2D eigenvalue weighted by molar-refractivity contribution is 5.85. The van der Waals surface area contributed by atoms with Gasteiger partial charge in [0.25, 0.3) is 0 Å². The van der Waals surface area contributed by atoms with Crippen molar-refractivity contribution in [3.8, 4) is 0 Å². The van der Waals surface area contributed by atoms with Gasteiger partial charge in [-0.15, -0.1) is 0 Å². The van der Waals surface area contributed by atoms with E-state index in [1.165, 1.54) is 57.8 Å². The van der Waals surface area contributed by atoms with Crippen molar-refractivity contribution in [2.75, 3.05) is 46.1 Å². The summed E-state index contributed by atoms with van der Waals surface area (Å²) in [6, 6.07) is -0.848. The molecule has 0 aliphatic heterocycles. The number of hydrogen-bond donors (Lipinski definition) is 4. The quantitative estimate of drug-likeness (QED) is 0.0758. The summed E-state index contributed by atoms with van der Waals surface area (Å²) in [4.78, 5) is 48.9. The van der Waals surface area contributed by atoms with Gasteiger partial charge in [-0.3, -0.25) is 9.59 Å². The molecule has 12 heteroatoms.